The monoisotopic (exact) mass is 696 g/mol. The van der Waals surface area contributed by atoms with Gasteiger partial charge in [0.15, 0.2) is 50.6 Å². The van der Waals surface area contributed by atoms with Crippen LogP contribution in [0.5, 0.6) is 0 Å². The van der Waals surface area contributed by atoms with Gasteiger partial charge in [-0.1, -0.05) is 16.8 Å². The van der Waals surface area contributed by atoms with Gasteiger partial charge >= 0.3 is 0 Å². The molecule has 2 aliphatic carbocycles. The molecule has 2 bridgehead atoms. The van der Waals surface area contributed by atoms with E-state index in [1.807, 2.05) is 0 Å². The maximum Gasteiger partial charge on any atom is 0.255 e. The number of nitrogens with one attached hydrogen (secondary N) is 1. The van der Waals surface area contributed by atoms with Crippen LogP contribution in [0.4, 0.5) is 40.8 Å². The number of aliphatic hydroxyl groups is 1. The Labute approximate surface area is 260 Å². The summed E-state index contributed by atoms with van der Waals surface area (Å²) in [6, 6.07) is 4.38. The summed E-state index contributed by atoms with van der Waals surface area (Å²) in [5.74, 6) is -18.0. The fraction of sp³-hybridized carbons (Fsp3) is 0.310. The lowest BCUT2D eigenvalue weighted by atomic mass is 9.78. The molecule has 0 spiro atoms. The molecule has 0 aliphatic heterocycles. The average Bonchev–Trinajstić information content (AvgIpc) is 3.30. The Morgan fingerprint density at radius 2 is 1.46 bits per heavy atom. The third-order valence-corrected chi connectivity index (χ3v) is 10.9. The summed E-state index contributed by atoms with van der Waals surface area (Å²) >= 11 is 6.22. The largest absolute Gasteiger partial charge is 0.391 e. The topological polar surface area (TPSA) is 105 Å². The minimum absolute atomic E-state index is 0.164. The van der Waals surface area contributed by atoms with E-state index in [9.17, 15) is 53.4 Å². The van der Waals surface area contributed by atoms with Crippen LogP contribution in [0.1, 0.15) is 41.6 Å². The molecule has 2 aliphatic rings. The molecule has 2 fully saturated rings. The molecule has 2 saturated carbocycles. The molecule has 3 aromatic rings. The van der Waals surface area contributed by atoms with E-state index in [4.69, 9.17) is 16.4 Å². The number of halogens is 9. The number of hydrogen-bond donors (Lipinski definition) is 2. The van der Waals surface area contributed by atoms with Crippen molar-refractivity contribution in [3.63, 3.8) is 0 Å². The Hall–Kier alpha value is -3.76. The zero-order chi connectivity index (χ0) is 33.7. The van der Waals surface area contributed by atoms with Crippen molar-refractivity contribution in [1.29, 1.82) is 0 Å². The highest BCUT2D eigenvalue weighted by atomic mass is 35.5. The fourth-order valence-electron chi connectivity index (χ4n) is 6.04. The Morgan fingerprint density at radius 3 is 2.02 bits per heavy atom. The van der Waals surface area contributed by atoms with E-state index in [1.54, 1.807) is 0 Å². The number of anilines is 1. The molecule has 7 nitrogen and oxygen atoms in total. The molecule has 1 amide bonds. The van der Waals surface area contributed by atoms with Gasteiger partial charge in [-0.3, -0.25) is 4.79 Å². The summed E-state index contributed by atoms with van der Waals surface area (Å²) in [5, 5.41) is 15.4. The number of sulfone groups is 1. The first-order chi connectivity index (χ1) is 21.5. The van der Waals surface area contributed by atoms with Gasteiger partial charge in [-0.25, -0.2) is 43.5 Å². The summed E-state index contributed by atoms with van der Waals surface area (Å²) in [6.07, 6.45) is 1.25. The third kappa shape index (κ3) is 6.17. The summed E-state index contributed by atoms with van der Waals surface area (Å²) < 4.78 is 136. The van der Waals surface area contributed by atoms with Gasteiger partial charge in [-0.05, 0) is 55.7 Å². The van der Waals surface area contributed by atoms with Gasteiger partial charge in [0.05, 0.1) is 26.9 Å². The lowest BCUT2D eigenvalue weighted by Gasteiger charge is -2.38. The number of rotatable bonds is 8. The maximum atomic E-state index is 13.9. The molecule has 0 saturated heterocycles. The second kappa shape index (κ2) is 12.4. The molecular formula is C29H21ClF8N2O5S. The number of benzene rings is 3. The van der Waals surface area contributed by atoms with Crippen molar-refractivity contribution in [3.05, 3.63) is 93.0 Å². The average molecular weight is 697 g/mol. The van der Waals surface area contributed by atoms with Crippen LogP contribution in [0.25, 0.3) is 0 Å². The number of fused-ring (bicyclic) bond motifs is 2. The number of oxime groups is 1. The minimum Gasteiger partial charge on any atom is -0.391 e. The molecule has 3 unspecified atom stereocenters. The van der Waals surface area contributed by atoms with Crippen molar-refractivity contribution >= 4 is 39.2 Å². The molecule has 3 aromatic carbocycles. The van der Waals surface area contributed by atoms with E-state index in [1.165, 1.54) is 6.07 Å². The van der Waals surface area contributed by atoms with Gasteiger partial charge in [0.25, 0.3) is 5.91 Å². The molecule has 0 heterocycles. The molecule has 5 rings (SSSR count). The Balaban J connectivity index is 1.31. The predicted molar refractivity (Wildman–Crippen MR) is 147 cm³/mol. The zero-order valence-corrected chi connectivity index (χ0v) is 24.6. The molecule has 2 N–H and O–H groups in total. The standard InChI is InChI=1S/C29H21ClF8N2O5S/c30-17-4-3-12(28(41)40-15-6-18(31)23(35)19(32)7-15)5-20(17)46(43,44)27-13-1-2-14(27)9-29(42,8-13)11-39-45-10-16-21(33)24(36)26(38)25(37)22(16)34/h3-7,11,13-14,27,42H,1-2,8-10H2,(H,40,41)/b39-11+/t13-,14?,27?,29?/m0/s1. The van der Waals surface area contributed by atoms with Gasteiger partial charge in [-0.2, -0.15) is 0 Å². The first-order valence-electron chi connectivity index (χ1n) is 13.4. The lowest BCUT2D eigenvalue weighted by molar-refractivity contribution is 0.0407. The maximum absolute atomic E-state index is 13.9. The molecule has 0 aromatic heterocycles. The van der Waals surface area contributed by atoms with E-state index in [0.717, 1.165) is 18.3 Å². The predicted octanol–water partition coefficient (Wildman–Crippen LogP) is 6.60. The van der Waals surface area contributed by atoms with Gasteiger partial charge in [-0.15, -0.1) is 0 Å². The summed E-state index contributed by atoms with van der Waals surface area (Å²) in [6.45, 7) is -1.16. The molecule has 46 heavy (non-hydrogen) atoms. The van der Waals surface area contributed by atoms with Crippen LogP contribution >= 0.6 is 11.6 Å². The summed E-state index contributed by atoms with van der Waals surface area (Å²) in [5.41, 5.74) is -3.70. The van der Waals surface area contributed by atoms with Crippen molar-refractivity contribution in [1.82, 2.24) is 0 Å². The zero-order valence-electron chi connectivity index (χ0n) is 23.1. The number of carbonyl (C=O) groups is 1. The second-order valence-corrected chi connectivity index (χ2v) is 13.5. The van der Waals surface area contributed by atoms with Crippen molar-refractivity contribution < 1.29 is 58.3 Å². The smallest absolute Gasteiger partial charge is 0.255 e. The highest BCUT2D eigenvalue weighted by Gasteiger charge is 2.54. The van der Waals surface area contributed by atoms with Crippen molar-refractivity contribution in [2.75, 3.05) is 5.32 Å². The van der Waals surface area contributed by atoms with E-state index in [0.29, 0.717) is 25.0 Å². The minimum atomic E-state index is -4.26. The number of nitrogens with zero attached hydrogens (tertiary/aromatic N) is 1. The van der Waals surface area contributed by atoms with Crippen LogP contribution < -0.4 is 5.32 Å². The van der Waals surface area contributed by atoms with Crippen molar-refractivity contribution in [2.45, 2.75) is 48.0 Å². The van der Waals surface area contributed by atoms with E-state index in [2.05, 4.69) is 10.5 Å². The molecule has 246 valence electrons. The second-order valence-electron chi connectivity index (χ2n) is 11.0. The van der Waals surface area contributed by atoms with Crippen LogP contribution in [-0.2, 0) is 21.3 Å². The van der Waals surface area contributed by atoms with Crippen LogP contribution in [-0.4, -0.2) is 36.5 Å². The highest BCUT2D eigenvalue weighted by Crippen LogP contribution is 2.51. The Bertz CT molecular complexity index is 1810. The van der Waals surface area contributed by atoms with Crippen LogP contribution in [0.3, 0.4) is 0 Å². The molecule has 4 atom stereocenters. The van der Waals surface area contributed by atoms with E-state index >= 15 is 0 Å². The first kappa shape index (κ1) is 33.6. The fourth-order valence-corrected chi connectivity index (χ4v) is 8.88. The highest BCUT2D eigenvalue weighted by molar-refractivity contribution is 7.92. The van der Waals surface area contributed by atoms with Gasteiger partial charge in [0, 0.05) is 23.4 Å². The molecule has 17 heteroatoms. The SMILES string of the molecule is O=C(Nc1cc(F)c(F)c(F)c1)c1ccc(Cl)c(S(=O)(=O)C2C3CC[C@H]2CC(O)(/C=N/OCc2c(F)c(F)c(F)c(F)c2F)C3)c1. The Kier molecular flexibility index (Phi) is 9.09. The van der Waals surface area contributed by atoms with E-state index < -0.39 is 108 Å². The lowest BCUT2D eigenvalue weighted by Crippen LogP contribution is -2.47. The van der Waals surface area contributed by atoms with Crippen LogP contribution in [0, 0.1) is 58.4 Å². The Morgan fingerprint density at radius 1 is 0.913 bits per heavy atom. The molecule has 0 radical (unpaired) electrons. The van der Waals surface area contributed by atoms with Crippen LogP contribution in [0.2, 0.25) is 5.02 Å². The van der Waals surface area contributed by atoms with Crippen molar-refractivity contribution in [2.24, 2.45) is 17.0 Å². The molecular weight excluding hydrogens is 676 g/mol. The summed E-state index contributed by atoms with van der Waals surface area (Å²) in [7, 11) is -4.26. The first-order valence-corrected chi connectivity index (χ1v) is 15.3. The van der Waals surface area contributed by atoms with Gasteiger partial charge in [0.2, 0.25) is 5.82 Å². The van der Waals surface area contributed by atoms with Gasteiger partial charge < -0.3 is 15.3 Å². The van der Waals surface area contributed by atoms with E-state index in [-0.39, 0.29) is 23.4 Å². The van der Waals surface area contributed by atoms with Crippen molar-refractivity contribution in [3.8, 4) is 0 Å². The third-order valence-electron chi connectivity index (χ3n) is 8.05. The van der Waals surface area contributed by atoms with Crippen LogP contribution in [0.15, 0.2) is 40.4 Å². The normalized spacial score (nSPS) is 22.8. The number of carbonyl (C=O) groups excluding carboxylic acids is 1. The number of hydrogen-bond acceptors (Lipinski definition) is 6. The quantitative estimate of drug-likeness (QED) is 0.0908. The summed E-state index contributed by atoms with van der Waals surface area (Å²) in [4.78, 5) is 17.1. The van der Waals surface area contributed by atoms with Gasteiger partial charge in [0.1, 0.15) is 12.2 Å². The number of amides is 1.